The van der Waals surface area contributed by atoms with Crippen LogP contribution in [-0.2, 0) is 4.74 Å². The van der Waals surface area contributed by atoms with E-state index in [-0.39, 0.29) is 5.69 Å². The van der Waals surface area contributed by atoms with Crippen molar-refractivity contribution in [3.05, 3.63) is 36.4 Å². The molecular weight excluding hydrogens is 222 g/mol. The van der Waals surface area contributed by atoms with E-state index in [1.54, 1.807) is 31.4 Å². The number of benzene rings is 1. The lowest BCUT2D eigenvalue weighted by Crippen LogP contribution is -2.03. The lowest BCUT2D eigenvalue weighted by Gasteiger charge is -2.02. The first-order chi connectivity index (χ1) is 8.26. The van der Waals surface area contributed by atoms with E-state index >= 15 is 0 Å². The number of ether oxygens (including phenoxy) is 2. The number of aromatic nitrogens is 1. The zero-order valence-corrected chi connectivity index (χ0v) is 9.47. The number of carbonyl (C=O) groups is 1. The minimum absolute atomic E-state index is 0.165. The average molecular weight is 233 g/mol. The predicted molar refractivity (Wildman–Crippen MR) is 59.8 cm³/mol. The van der Waals surface area contributed by atoms with Gasteiger partial charge in [-0.05, 0) is 24.3 Å². The fourth-order valence-corrected chi connectivity index (χ4v) is 1.44. The summed E-state index contributed by atoms with van der Waals surface area (Å²) in [7, 11) is 2.89. The monoisotopic (exact) mass is 233 g/mol. The highest BCUT2D eigenvalue weighted by molar-refractivity contribution is 5.93. The van der Waals surface area contributed by atoms with Crippen LogP contribution >= 0.6 is 0 Å². The first-order valence-corrected chi connectivity index (χ1v) is 4.92. The van der Waals surface area contributed by atoms with E-state index in [0.717, 1.165) is 11.3 Å². The van der Waals surface area contributed by atoms with Gasteiger partial charge in [0.2, 0.25) is 0 Å². The van der Waals surface area contributed by atoms with Crippen molar-refractivity contribution in [1.29, 1.82) is 0 Å². The fourth-order valence-electron chi connectivity index (χ4n) is 1.44. The lowest BCUT2D eigenvalue weighted by molar-refractivity contribution is 0.0595. The molecule has 0 amide bonds. The standard InChI is InChI=1S/C12H11NO4/c1-15-9-5-3-8(4-6-9)11-10(12(14)16-2)13-7-17-11/h3-7H,1-2H3. The van der Waals surface area contributed by atoms with Crippen molar-refractivity contribution in [2.45, 2.75) is 0 Å². The molecule has 0 aliphatic rings. The number of methoxy groups -OCH3 is 2. The van der Waals surface area contributed by atoms with Gasteiger partial charge in [-0.2, -0.15) is 0 Å². The van der Waals surface area contributed by atoms with Gasteiger partial charge in [0.05, 0.1) is 14.2 Å². The normalized spacial score (nSPS) is 10.0. The molecule has 5 nitrogen and oxygen atoms in total. The lowest BCUT2D eigenvalue weighted by atomic mass is 10.1. The minimum Gasteiger partial charge on any atom is -0.497 e. The molecule has 0 saturated heterocycles. The van der Waals surface area contributed by atoms with Gasteiger partial charge in [0.25, 0.3) is 0 Å². The Labute approximate surface area is 98.0 Å². The van der Waals surface area contributed by atoms with Crippen LogP contribution in [0.5, 0.6) is 5.75 Å². The first-order valence-electron chi connectivity index (χ1n) is 4.92. The zero-order chi connectivity index (χ0) is 12.3. The van der Waals surface area contributed by atoms with E-state index in [9.17, 15) is 4.79 Å². The Morgan fingerprint density at radius 1 is 1.24 bits per heavy atom. The molecule has 0 fully saturated rings. The smallest absolute Gasteiger partial charge is 0.360 e. The van der Waals surface area contributed by atoms with Crippen LogP contribution in [0.15, 0.2) is 35.1 Å². The first kappa shape index (κ1) is 11.2. The molecule has 0 unspecified atom stereocenters. The topological polar surface area (TPSA) is 61.6 Å². The van der Waals surface area contributed by atoms with Crippen LogP contribution in [0.2, 0.25) is 0 Å². The second kappa shape index (κ2) is 4.69. The summed E-state index contributed by atoms with van der Waals surface area (Å²) in [5.74, 6) is 0.594. The van der Waals surface area contributed by atoms with Crippen molar-refractivity contribution in [1.82, 2.24) is 4.98 Å². The Bertz CT molecular complexity index is 516. The van der Waals surface area contributed by atoms with Crippen LogP contribution in [0.25, 0.3) is 11.3 Å². The summed E-state index contributed by atoms with van der Waals surface area (Å²) in [5.41, 5.74) is 0.904. The Morgan fingerprint density at radius 3 is 2.53 bits per heavy atom. The molecule has 0 aliphatic heterocycles. The van der Waals surface area contributed by atoms with Crippen LogP contribution < -0.4 is 4.74 Å². The van der Waals surface area contributed by atoms with Gasteiger partial charge in [0.15, 0.2) is 17.8 Å². The van der Waals surface area contributed by atoms with Gasteiger partial charge in [-0.25, -0.2) is 9.78 Å². The van der Waals surface area contributed by atoms with Gasteiger partial charge < -0.3 is 13.9 Å². The van der Waals surface area contributed by atoms with E-state index in [1.165, 1.54) is 13.5 Å². The Hall–Kier alpha value is -2.30. The molecule has 1 heterocycles. The second-order valence-electron chi connectivity index (χ2n) is 3.25. The SMILES string of the molecule is COC(=O)c1ncoc1-c1ccc(OC)cc1. The van der Waals surface area contributed by atoms with Crippen molar-refractivity contribution >= 4 is 5.97 Å². The highest BCUT2D eigenvalue weighted by Gasteiger charge is 2.18. The van der Waals surface area contributed by atoms with E-state index in [4.69, 9.17) is 9.15 Å². The quantitative estimate of drug-likeness (QED) is 0.760. The summed E-state index contributed by atoms with van der Waals surface area (Å²) in [4.78, 5) is 15.3. The van der Waals surface area contributed by atoms with Crippen molar-refractivity contribution in [2.24, 2.45) is 0 Å². The summed E-state index contributed by atoms with van der Waals surface area (Å²) >= 11 is 0. The largest absolute Gasteiger partial charge is 0.497 e. The maximum atomic E-state index is 11.4. The third-order valence-corrected chi connectivity index (χ3v) is 2.30. The highest BCUT2D eigenvalue weighted by Crippen LogP contribution is 2.25. The number of esters is 1. The Morgan fingerprint density at radius 2 is 1.94 bits per heavy atom. The number of oxazole rings is 1. The summed E-state index contributed by atoms with van der Waals surface area (Å²) < 4.78 is 14.9. The number of hydrogen-bond donors (Lipinski definition) is 0. The number of rotatable bonds is 3. The molecule has 0 atom stereocenters. The maximum Gasteiger partial charge on any atom is 0.360 e. The summed E-state index contributed by atoms with van der Waals surface area (Å²) in [6, 6.07) is 7.12. The summed E-state index contributed by atoms with van der Waals surface area (Å²) in [6.45, 7) is 0. The van der Waals surface area contributed by atoms with Gasteiger partial charge in [0.1, 0.15) is 5.75 Å². The third kappa shape index (κ3) is 2.13. The van der Waals surface area contributed by atoms with Crippen molar-refractivity contribution < 1.29 is 18.7 Å². The molecule has 2 rings (SSSR count). The summed E-state index contributed by atoms with van der Waals surface area (Å²) in [6.07, 6.45) is 1.21. The van der Waals surface area contributed by atoms with Crippen LogP contribution in [0.3, 0.4) is 0 Å². The van der Waals surface area contributed by atoms with E-state index in [0.29, 0.717) is 5.76 Å². The third-order valence-electron chi connectivity index (χ3n) is 2.30. The van der Waals surface area contributed by atoms with E-state index in [1.807, 2.05) is 0 Å². The molecule has 17 heavy (non-hydrogen) atoms. The zero-order valence-electron chi connectivity index (χ0n) is 9.47. The second-order valence-corrected chi connectivity index (χ2v) is 3.25. The molecule has 1 aromatic heterocycles. The van der Waals surface area contributed by atoms with Crippen molar-refractivity contribution in [3.8, 4) is 17.1 Å². The van der Waals surface area contributed by atoms with Crippen LogP contribution in [0.1, 0.15) is 10.5 Å². The highest BCUT2D eigenvalue weighted by atomic mass is 16.5. The molecule has 0 bridgehead atoms. The number of hydrogen-bond acceptors (Lipinski definition) is 5. The maximum absolute atomic E-state index is 11.4. The predicted octanol–water partition coefficient (Wildman–Crippen LogP) is 2.14. The van der Waals surface area contributed by atoms with Crippen LogP contribution in [0.4, 0.5) is 0 Å². The molecule has 0 aliphatic carbocycles. The average Bonchev–Trinajstić information content (AvgIpc) is 2.87. The molecule has 0 N–H and O–H groups in total. The van der Waals surface area contributed by atoms with Gasteiger partial charge in [-0.1, -0.05) is 0 Å². The van der Waals surface area contributed by atoms with Gasteiger partial charge >= 0.3 is 5.97 Å². The van der Waals surface area contributed by atoms with Crippen molar-refractivity contribution in [3.63, 3.8) is 0 Å². The molecular formula is C12H11NO4. The molecule has 5 heteroatoms. The Kier molecular flexibility index (Phi) is 3.09. The number of carbonyl (C=O) groups excluding carboxylic acids is 1. The molecule has 2 aromatic rings. The molecule has 0 spiro atoms. The molecule has 88 valence electrons. The number of nitrogens with zero attached hydrogens (tertiary/aromatic N) is 1. The summed E-state index contributed by atoms with van der Waals surface area (Å²) in [5, 5.41) is 0. The Balaban J connectivity index is 2.39. The van der Waals surface area contributed by atoms with Crippen LogP contribution in [-0.4, -0.2) is 25.2 Å². The molecule has 0 saturated carbocycles. The van der Waals surface area contributed by atoms with Crippen LogP contribution in [0, 0.1) is 0 Å². The fraction of sp³-hybridized carbons (Fsp3) is 0.167. The molecule has 0 radical (unpaired) electrons. The van der Waals surface area contributed by atoms with Gasteiger partial charge in [0, 0.05) is 5.56 Å². The van der Waals surface area contributed by atoms with Crippen molar-refractivity contribution in [2.75, 3.05) is 14.2 Å². The molecule has 1 aromatic carbocycles. The minimum atomic E-state index is -0.524. The van der Waals surface area contributed by atoms with E-state index in [2.05, 4.69) is 9.72 Å². The van der Waals surface area contributed by atoms with E-state index < -0.39 is 5.97 Å². The van der Waals surface area contributed by atoms with Gasteiger partial charge in [-0.3, -0.25) is 0 Å². The van der Waals surface area contributed by atoms with Gasteiger partial charge in [-0.15, -0.1) is 0 Å².